The van der Waals surface area contributed by atoms with Gasteiger partial charge in [0.15, 0.2) is 0 Å². The number of aromatic nitrogens is 2. The molecule has 17 nitrogen and oxygen atoms in total. The number of hydrogen-bond acceptors (Lipinski definition) is 13. The maximum absolute atomic E-state index is 13.3. The largest absolute Gasteiger partial charge is 0.370 e. The lowest BCUT2D eigenvalue weighted by Crippen LogP contribution is -2.36. The van der Waals surface area contributed by atoms with Gasteiger partial charge in [-0.05, 0) is 105 Å². The number of rotatable bonds is 36. The van der Waals surface area contributed by atoms with Gasteiger partial charge in [0.05, 0.1) is 43.4 Å². The fraction of sp³-hybridized carbons (Fsp3) is 0.833. The first-order chi connectivity index (χ1) is 32.4. The quantitative estimate of drug-likeness (QED) is 0.0218. The summed E-state index contributed by atoms with van der Waals surface area (Å²) in [5.74, 6) is 1.80. The SMILES string of the molecule is CCC1OC(n2cc(C)c(NCCCCCCNC(=O)CCCCCNC(=O)CCCCCNCCCCCC3SCC4NC(=O)NC43)nc2=O)CC1OP(OCCC#N)N(C(C)C)C(C)C. The lowest BCUT2D eigenvalue weighted by molar-refractivity contribution is -0.122. The smallest absolute Gasteiger partial charge is 0.351 e. The minimum atomic E-state index is -1.44. The lowest BCUT2D eigenvalue weighted by Gasteiger charge is -2.37. The Bertz CT molecular complexity index is 1710. The van der Waals surface area contributed by atoms with Crippen LogP contribution in [0, 0.1) is 18.3 Å². The number of nitrogens with one attached hydrogen (secondary N) is 6. The number of nitriles is 1. The number of ether oxygens (including phenoxy) is 1. The second-order valence-electron chi connectivity index (χ2n) is 18.8. The predicted octanol–water partition coefficient (Wildman–Crippen LogP) is 7.55. The minimum Gasteiger partial charge on any atom is -0.370 e. The number of unbranched alkanes of at least 4 members (excludes halogenated alkanes) is 9. The van der Waals surface area contributed by atoms with Crippen LogP contribution in [0.4, 0.5) is 10.6 Å². The monoisotopic (exact) mass is 977 g/mol. The van der Waals surface area contributed by atoms with Crippen molar-refractivity contribution in [3.8, 4) is 6.07 Å². The molecular formula is C48H85N10O7PS. The summed E-state index contributed by atoms with van der Waals surface area (Å²) in [5.41, 5.74) is 0.487. The van der Waals surface area contributed by atoms with Crippen molar-refractivity contribution in [2.24, 2.45) is 0 Å². The van der Waals surface area contributed by atoms with Gasteiger partial charge in [-0.25, -0.2) is 14.3 Å². The van der Waals surface area contributed by atoms with Gasteiger partial charge in [-0.15, -0.1) is 0 Å². The van der Waals surface area contributed by atoms with Crippen LogP contribution in [0.1, 0.15) is 168 Å². The molecule has 3 aliphatic heterocycles. The van der Waals surface area contributed by atoms with E-state index in [-0.39, 0.29) is 54.2 Å². The molecule has 3 saturated heterocycles. The molecule has 3 aliphatic rings. The van der Waals surface area contributed by atoms with Gasteiger partial charge in [0.1, 0.15) is 12.0 Å². The van der Waals surface area contributed by atoms with Crippen LogP contribution in [0.3, 0.4) is 0 Å². The van der Waals surface area contributed by atoms with Gasteiger partial charge in [-0.2, -0.15) is 22.0 Å². The van der Waals surface area contributed by atoms with E-state index in [2.05, 4.69) is 75.3 Å². The van der Waals surface area contributed by atoms with E-state index in [1.165, 1.54) is 25.7 Å². The summed E-state index contributed by atoms with van der Waals surface area (Å²) in [6.45, 7) is 16.8. The standard InChI is InChI=1S/C48H85N10O7PS/c1-7-39-40(65-66(63-31-21-25-49)58(35(2)3)36(4)5)32-44(64-39)57-33-37(6)46(56-48(57)62)53-30-19-9-8-18-28-51-43(60)24-15-12-20-29-52-42(59)23-14-11-17-27-50-26-16-10-13-22-41-45-38(34-67-41)54-47(61)55-45/h33,35-36,38-41,44-45,50H,7-24,26-32,34H2,1-6H3,(H,51,60)(H,52,59)(H,53,56,62)(H2,54,55,61). The van der Waals surface area contributed by atoms with Crippen molar-refractivity contribution in [3.63, 3.8) is 0 Å². The fourth-order valence-electron chi connectivity index (χ4n) is 8.99. The van der Waals surface area contributed by atoms with Crippen LogP contribution in [0.5, 0.6) is 0 Å². The first-order valence-electron chi connectivity index (χ1n) is 25.6. The second kappa shape index (κ2) is 32.0. The average Bonchev–Trinajstić information content (AvgIpc) is 3.99. The van der Waals surface area contributed by atoms with Gasteiger partial charge in [-0.1, -0.05) is 45.4 Å². The molecule has 1 aromatic rings. The van der Waals surface area contributed by atoms with Crippen molar-refractivity contribution < 1.29 is 28.2 Å². The zero-order valence-electron chi connectivity index (χ0n) is 41.6. The average molecular weight is 977 g/mol. The first kappa shape index (κ1) is 56.5. The first-order valence-corrected chi connectivity index (χ1v) is 27.8. The molecule has 0 bridgehead atoms. The van der Waals surface area contributed by atoms with Crippen LogP contribution in [0.2, 0.25) is 0 Å². The minimum absolute atomic E-state index is 0.00987. The Morgan fingerprint density at radius 3 is 2.15 bits per heavy atom. The lowest BCUT2D eigenvalue weighted by atomic mass is 10.0. The predicted molar refractivity (Wildman–Crippen MR) is 269 cm³/mol. The van der Waals surface area contributed by atoms with Crippen LogP contribution in [0.15, 0.2) is 11.0 Å². The maximum Gasteiger partial charge on any atom is 0.351 e. The summed E-state index contributed by atoms with van der Waals surface area (Å²) in [4.78, 5) is 53.7. The van der Waals surface area contributed by atoms with Crippen molar-refractivity contribution in [1.29, 1.82) is 5.26 Å². The van der Waals surface area contributed by atoms with Crippen LogP contribution in [0.25, 0.3) is 0 Å². The molecule has 4 rings (SSSR count). The van der Waals surface area contributed by atoms with E-state index in [1.807, 2.05) is 31.8 Å². The Balaban J connectivity index is 0.950. The normalized spacial score (nSPS) is 21.6. The van der Waals surface area contributed by atoms with Crippen molar-refractivity contribution in [3.05, 3.63) is 22.2 Å². The molecule has 7 unspecified atom stereocenters. The molecule has 67 heavy (non-hydrogen) atoms. The maximum atomic E-state index is 13.3. The molecule has 3 fully saturated rings. The van der Waals surface area contributed by atoms with Crippen LogP contribution >= 0.6 is 20.3 Å². The Morgan fingerprint density at radius 1 is 0.910 bits per heavy atom. The van der Waals surface area contributed by atoms with Gasteiger partial charge in [0, 0.05) is 73.7 Å². The van der Waals surface area contributed by atoms with Crippen LogP contribution in [-0.2, 0) is 23.4 Å². The zero-order chi connectivity index (χ0) is 48.4. The summed E-state index contributed by atoms with van der Waals surface area (Å²) in [6.07, 6.45) is 17.6. The summed E-state index contributed by atoms with van der Waals surface area (Å²) in [7, 11) is -1.44. The third-order valence-corrected chi connectivity index (χ3v) is 16.2. The highest BCUT2D eigenvalue weighted by Gasteiger charge is 2.43. The topological polar surface area (TPSA) is 213 Å². The Kier molecular flexibility index (Phi) is 27.0. The van der Waals surface area contributed by atoms with E-state index in [1.54, 1.807) is 4.57 Å². The highest BCUT2D eigenvalue weighted by molar-refractivity contribution is 8.00. The zero-order valence-corrected chi connectivity index (χ0v) is 43.3. The number of carbonyl (C=O) groups is 3. The third kappa shape index (κ3) is 20.5. The van der Waals surface area contributed by atoms with E-state index < -0.39 is 14.8 Å². The molecule has 0 aromatic carbocycles. The molecule has 0 spiro atoms. The molecule has 7 atom stereocenters. The molecule has 4 heterocycles. The number of nitrogens with zero attached hydrogens (tertiary/aromatic N) is 4. The van der Waals surface area contributed by atoms with Gasteiger partial charge < -0.3 is 45.7 Å². The molecule has 19 heteroatoms. The van der Waals surface area contributed by atoms with E-state index in [0.29, 0.717) is 68.7 Å². The van der Waals surface area contributed by atoms with E-state index in [9.17, 15) is 19.2 Å². The molecule has 380 valence electrons. The van der Waals surface area contributed by atoms with Gasteiger partial charge >= 0.3 is 11.7 Å². The Morgan fingerprint density at radius 2 is 1.52 bits per heavy atom. The van der Waals surface area contributed by atoms with Gasteiger partial charge in [0.25, 0.3) is 8.53 Å². The van der Waals surface area contributed by atoms with Gasteiger partial charge in [0.2, 0.25) is 11.8 Å². The van der Waals surface area contributed by atoms with Crippen LogP contribution < -0.4 is 37.6 Å². The second-order valence-corrected chi connectivity index (χ2v) is 21.5. The number of anilines is 1. The molecule has 4 amide bonds. The number of urea groups is 1. The molecule has 6 N–H and O–H groups in total. The van der Waals surface area contributed by atoms with Crippen molar-refractivity contribution in [2.45, 2.75) is 211 Å². The number of carbonyl (C=O) groups excluding carboxylic acids is 3. The van der Waals surface area contributed by atoms with E-state index in [0.717, 1.165) is 95.0 Å². The molecule has 0 radical (unpaired) electrons. The number of thioether (sulfide) groups is 1. The third-order valence-electron chi connectivity index (χ3n) is 12.6. The number of fused-ring (bicyclic) bond motifs is 1. The van der Waals surface area contributed by atoms with Crippen molar-refractivity contribution >= 4 is 44.0 Å². The van der Waals surface area contributed by atoms with Gasteiger partial charge in [-0.3, -0.25) is 14.2 Å². The molecular weight excluding hydrogens is 892 g/mol. The number of amides is 4. The summed E-state index contributed by atoms with van der Waals surface area (Å²) in [6, 6.07) is 3.11. The molecule has 0 saturated carbocycles. The highest BCUT2D eigenvalue weighted by atomic mass is 32.2. The summed E-state index contributed by atoms with van der Waals surface area (Å²) in [5, 5.41) is 28.6. The summed E-state index contributed by atoms with van der Waals surface area (Å²) < 4.78 is 22.9. The van der Waals surface area contributed by atoms with Crippen molar-refractivity contribution in [2.75, 3.05) is 50.4 Å². The Hall–Kier alpha value is -3.04. The van der Waals surface area contributed by atoms with E-state index >= 15 is 0 Å². The fourth-order valence-corrected chi connectivity index (χ4v) is 12.3. The van der Waals surface area contributed by atoms with Crippen molar-refractivity contribution in [1.82, 2.24) is 40.8 Å². The molecule has 1 aromatic heterocycles. The van der Waals surface area contributed by atoms with Crippen LogP contribution in [-0.4, -0.2) is 119 Å². The number of aryl methyl sites for hydroxylation is 1. The highest BCUT2D eigenvalue weighted by Crippen LogP contribution is 2.50. The van der Waals surface area contributed by atoms with E-state index in [4.69, 9.17) is 19.0 Å². The number of hydrogen-bond donors (Lipinski definition) is 6. The molecule has 0 aliphatic carbocycles. The summed E-state index contributed by atoms with van der Waals surface area (Å²) >= 11 is 1.99. The Labute approximate surface area is 406 Å².